The van der Waals surface area contributed by atoms with E-state index in [1.165, 1.54) is 0 Å². The number of carbonyl (C=O) groups excluding carboxylic acids is 1. The van der Waals surface area contributed by atoms with Gasteiger partial charge in [-0.3, -0.25) is 4.79 Å². The highest BCUT2D eigenvalue weighted by molar-refractivity contribution is 6.09. The Kier molecular flexibility index (Phi) is 4.64. The van der Waals surface area contributed by atoms with Crippen molar-refractivity contribution in [1.29, 1.82) is 0 Å². The van der Waals surface area contributed by atoms with Crippen molar-refractivity contribution in [2.45, 2.75) is 26.2 Å². The molecule has 1 aromatic carbocycles. The van der Waals surface area contributed by atoms with Crippen LogP contribution in [0.15, 0.2) is 32.8 Å². The van der Waals surface area contributed by atoms with Crippen LogP contribution in [-0.2, 0) is 6.42 Å². The van der Waals surface area contributed by atoms with E-state index in [1.54, 1.807) is 18.2 Å². The molecule has 146 valence electrons. The Morgan fingerprint density at radius 2 is 1.93 bits per heavy atom. The lowest BCUT2D eigenvalue weighted by Crippen LogP contribution is -2.22. The Balaban J connectivity index is 1.61. The topological polar surface area (TPSA) is 137 Å². The van der Waals surface area contributed by atoms with E-state index < -0.39 is 0 Å². The Bertz CT molecular complexity index is 988. The fourth-order valence-corrected chi connectivity index (χ4v) is 3.41. The Morgan fingerprint density at radius 3 is 2.71 bits per heavy atom. The van der Waals surface area contributed by atoms with Crippen LogP contribution in [0.1, 0.15) is 40.3 Å². The summed E-state index contributed by atoms with van der Waals surface area (Å²) >= 11 is 0. The van der Waals surface area contributed by atoms with E-state index >= 15 is 0 Å². The number of benzene rings is 1. The van der Waals surface area contributed by atoms with Gasteiger partial charge in [0.1, 0.15) is 19.0 Å². The molecule has 4 rings (SSSR count). The third-order valence-electron chi connectivity index (χ3n) is 4.62. The molecule has 1 aliphatic carbocycles. The fourth-order valence-electron chi connectivity index (χ4n) is 3.41. The molecule has 0 atom stereocenters. The second-order valence-corrected chi connectivity index (χ2v) is 6.59. The summed E-state index contributed by atoms with van der Waals surface area (Å²) in [4.78, 5) is 12.8. The zero-order chi connectivity index (χ0) is 19.7. The van der Waals surface area contributed by atoms with Crippen molar-refractivity contribution in [3.05, 3.63) is 40.8 Å². The van der Waals surface area contributed by atoms with Crippen LogP contribution in [0.5, 0.6) is 11.5 Å². The van der Waals surface area contributed by atoms with Crippen LogP contribution >= 0.6 is 0 Å². The summed E-state index contributed by atoms with van der Waals surface area (Å²) in [7, 11) is 0. The van der Waals surface area contributed by atoms with E-state index in [2.05, 4.69) is 15.5 Å². The summed E-state index contributed by atoms with van der Waals surface area (Å²) in [5.41, 5.74) is 13.6. The van der Waals surface area contributed by atoms with Crippen LogP contribution in [0.2, 0.25) is 0 Å². The van der Waals surface area contributed by atoms with Crippen molar-refractivity contribution in [2.75, 3.05) is 18.5 Å². The SMILES string of the molecule is Cc1c(C(=O)Nc2ccc3c(c2)OCCO3)oc2c1/C(=N/N=C(N)N)CCC2. The number of guanidine groups is 1. The normalized spacial score (nSPS) is 16.4. The number of fused-ring (bicyclic) bond motifs is 2. The molecule has 0 bridgehead atoms. The van der Waals surface area contributed by atoms with Gasteiger partial charge in [-0.2, -0.15) is 5.10 Å². The number of ether oxygens (including phenoxy) is 2. The number of amides is 1. The maximum atomic E-state index is 12.8. The second-order valence-electron chi connectivity index (χ2n) is 6.59. The molecule has 2 heterocycles. The summed E-state index contributed by atoms with van der Waals surface area (Å²) in [5, 5.41) is 10.7. The van der Waals surface area contributed by atoms with Crippen LogP contribution < -0.4 is 26.3 Å². The molecule has 2 aliphatic rings. The molecule has 9 heteroatoms. The van der Waals surface area contributed by atoms with Gasteiger partial charge in [-0.05, 0) is 31.9 Å². The van der Waals surface area contributed by atoms with E-state index in [0.717, 1.165) is 24.2 Å². The van der Waals surface area contributed by atoms with Crippen molar-refractivity contribution >= 4 is 23.3 Å². The summed E-state index contributed by atoms with van der Waals surface area (Å²) < 4.78 is 16.9. The van der Waals surface area contributed by atoms with Crippen LogP contribution in [0.4, 0.5) is 5.69 Å². The first-order valence-corrected chi connectivity index (χ1v) is 9.02. The van der Waals surface area contributed by atoms with Gasteiger partial charge in [0.2, 0.25) is 5.96 Å². The van der Waals surface area contributed by atoms with Crippen molar-refractivity contribution in [1.82, 2.24) is 0 Å². The Labute approximate surface area is 161 Å². The molecule has 0 fully saturated rings. The molecule has 0 saturated heterocycles. The summed E-state index contributed by atoms with van der Waals surface area (Å²) in [6, 6.07) is 5.26. The molecule has 0 unspecified atom stereocenters. The highest BCUT2D eigenvalue weighted by Gasteiger charge is 2.28. The minimum atomic E-state index is -0.343. The zero-order valence-electron chi connectivity index (χ0n) is 15.4. The van der Waals surface area contributed by atoms with Gasteiger partial charge >= 0.3 is 0 Å². The first-order valence-electron chi connectivity index (χ1n) is 9.02. The number of hydrogen-bond acceptors (Lipinski definition) is 6. The molecular formula is C19H21N5O4. The second kappa shape index (κ2) is 7.26. The van der Waals surface area contributed by atoms with Gasteiger partial charge in [0.15, 0.2) is 17.3 Å². The lowest BCUT2D eigenvalue weighted by Gasteiger charge is -2.18. The lowest BCUT2D eigenvalue weighted by atomic mass is 9.93. The molecule has 28 heavy (non-hydrogen) atoms. The molecule has 0 radical (unpaired) electrons. The van der Waals surface area contributed by atoms with Gasteiger partial charge in [0.05, 0.1) is 5.71 Å². The zero-order valence-corrected chi connectivity index (χ0v) is 15.4. The Morgan fingerprint density at radius 1 is 1.14 bits per heavy atom. The largest absolute Gasteiger partial charge is 0.486 e. The van der Waals surface area contributed by atoms with Gasteiger partial charge in [0.25, 0.3) is 5.91 Å². The van der Waals surface area contributed by atoms with Crippen LogP contribution in [0, 0.1) is 6.92 Å². The standard InChI is InChI=1S/C19H21N5O4/c1-10-16-12(23-24-19(20)21)3-2-4-14(16)28-17(10)18(25)22-11-5-6-13-15(9-11)27-8-7-26-13/h5-6,9H,2-4,7-8H2,1H3,(H,22,25)(H4,20,21,24)/b23-12+. The third kappa shape index (κ3) is 3.38. The number of nitrogens with one attached hydrogen (secondary N) is 1. The number of carbonyl (C=O) groups is 1. The number of furan rings is 1. The maximum absolute atomic E-state index is 12.8. The van der Waals surface area contributed by atoms with Crippen molar-refractivity contribution in [3.63, 3.8) is 0 Å². The molecule has 9 nitrogen and oxygen atoms in total. The smallest absolute Gasteiger partial charge is 0.291 e. The highest BCUT2D eigenvalue weighted by atomic mass is 16.6. The average Bonchev–Trinajstić information content (AvgIpc) is 3.03. The van der Waals surface area contributed by atoms with E-state index in [1.807, 2.05) is 6.92 Å². The fraction of sp³-hybridized carbons (Fsp3) is 0.316. The van der Waals surface area contributed by atoms with Crippen molar-refractivity contribution in [3.8, 4) is 11.5 Å². The average molecular weight is 383 g/mol. The van der Waals surface area contributed by atoms with Gasteiger partial charge < -0.3 is 30.7 Å². The molecular weight excluding hydrogens is 362 g/mol. The number of rotatable bonds is 3. The number of anilines is 1. The minimum absolute atomic E-state index is 0.114. The predicted molar refractivity (Wildman–Crippen MR) is 104 cm³/mol. The van der Waals surface area contributed by atoms with Gasteiger partial charge in [-0.15, -0.1) is 5.10 Å². The lowest BCUT2D eigenvalue weighted by molar-refractivity contribution is 0.0994. The van der Waals surface area contributed by atoms with Crippen molar-refractivity contribution in [2.24, 2.45) is 21.7 Å². The molecule has 2 aromatic rings. The number of aryl methyl sites for hydroxylation is 1. The monoisotopic (exact) mass is 383 g/mol. The quantitative estimate of drug-likeness (QED) is 0.421. The van der Waals surface area contributed by atoms with E-state index in [4.69, 9.17) is 25.4 Å². The predicted octanol–water partition coefficient (Wildman–Crippen LogP) is 1.93. The molecule has 1 aliphatic heterocycles. The number of hydrogen-bond donors (Lipinski definition) is 3. The number of nitrogens with two attached hydrogens (primary N) is 2. The molecule has 1 aromatic heterocycles. The van der Waals surface area contributed by atoms with Crippen LogP contribution in [0.25, 0.3) is 0 Å². The highest BCUT2D eigenvalue weighted by Crippen LogP contribution is 2.34. The summed E-state index contributed by atoms with van der Waals surface area (Å²) in [6.45, 7) is 2.82. The molecule has 0 saturated carbocycles. The maximum Gasteiger partial charge on any atom is 0.291 e. The third-order valence-corrected chi connectivity index (χ3v) is 4.62. The summed E-state index contributed by atoms with van der Waals surface area (Å²) in [6.07, 6.45) is 2.30. The minimum Gasteiger partial charge on any atom is -0.486 e. The number of nitrogens with zero attached hydrogens (tertiary/aromatic N) is 2. The van der Waals surface area contributed by atoms with Gasteiger partial charge in [-0.25, -0.2) is 0 Å². The van der Waals surface area contributed by atoms with E-state index in [9.17, 15) is 4.79 Å². The summed E-state index contributed by atoms with van der Waals surface area (Å²) in [5.74, 6) is 1.78. The molecule has 5 N–H and O–H groups in total. The van der Waals surface area contributed by atoms with Crippen LogP contribution in [0.3, 0.4) is 0 Å². The van der Waals surface area contributed by atoms with E-state index in [-0.39, 0.29) is 17.6 Å². The Hall–Kier alpha value is -3.49. The van der Waals surface area contributed by atoms with E-state index in [0.29, 0.717) is 48.1 Å². The van der Waals surface area contributed by atoms with Gasteiger partial charge in [-0.1, -0.05) is 0 Å². The molecule has 0 spiro atoms. The van der Waals surface area contributed by atoms with Gasteiger partial charge in [0, 0.05) is 29.3 Å². The van der Waals surface area contributed by atoms with Crippen LogP contribution in [-0.4, -0.2) is 30.8 Å². The van der Waals surface area contributed by atoms with Crippen molar-refractivity contribution < 1.29 is 18.7 Å². The molecule has 1 amide bonds. The first-order chi connectivity index (χ1) is 13.5. The first kappa shape index (κ1) is 17.9.